The van der Waals surface area contributed by atoms with Crippen LogP contribution < -0.4 is 11.1 Å². The van der Waals surface area contributed by atoms with Crippen LogP contribution in [0.25, 0.3) is 0 Å². The average Bonchev–Trinajstić information content (AvgIpc) is 2.42. The van der Waals surface area contributed by atoms with Crippen LogP contribution >= 0.6 is 11.8 Å². The third-order valence-electron chi connectivity index (χ3n) is 3.58. The standard InChI is InChI=1S/C14H19FN2OS/c1-19-13-5-3-2-4-12(13)17-14(18)9-6-7-10(15)11(16)8-9/h6-8,12-13H,2-5,16H2,1H3,(H,17,18). The number of benzene rings is 1. The van der Waals surface area contributed by atoms with Gasteiger partial charge < -0.3 is 11.1 Å². The molecule has 0 radical (unpaired) electrons. The molecule has 5 heteroatoms. The van der Waals surface area contributed by atoms with Gasteiger partial charge in [0.15, 0.2) is 0 Å². The van der Waals surface area contributed by atoms with E-state index in [2.05, 4.69) is 11.6 Å². The van der Waals surface area contributed by atoms with Crippen molar-refractivity contribution in [3.63, 3.8) is 0 Å². The van der Waals surface area contributed by atoms with Crippen LogP contribution in [0.3, 0.4) is 0 Å². The summed E-state index contributed by atoms with van der Waals surface area (Å²) >= 11 is 1.80. The molecule has 1 aromatic rings. The number of hydrogen-bond acceptors (Lipinski definition) is 3. The lowest BCUT2D eigenvalue weighted by molar-refractivity contribution is 0.0929. The Labute approximate surface area is 117 Å². The van der Waals surface area contributed by atoms with Gasteiger partial charge in [-0.2, -0.15) is 11.8 Å². The van der Waals surface area contributed by atoms with E-state index in [0.717, 1.165) is 19.3 Å². The summed E-state index contributed by atoms with van der Waals surface area (Å²) in [6.45, 7) is 0. The molecule has 1 aromatic carbocycles. The Balaban J connectivity index is 2.05. The molecule has 1 aliphatic rings. The normalized spacial score (nSPS) is 23.1. The fourth-order valence-corrected chi connectivity index (χ4v) is 3.42. The topological polar surface area (TPSA) is 55.1 Å². The van der Waals surface area contributed by atoms with Crippen molar-refractivity contribution in [2.24, 2.45) is 0 Å². The lowest BCUT2D eigenvalue weighted by Crippen LogP contribution is -2.43. The van der Waals surface area contributed by atoms with E-state index in [-0.39, 0.29) is 17.6 Å². The molecule has 2 rings (SSSR count). The number of nitrogens with two attached hydrogens (primary N) is 1. The van der Waals surface area contributed by atoms with Gasteiger partial charge in [0.1, 0.15) is 5.82 Å². The number of carbonyl (C=O) groups excluding carboxylic acids is 1. The summed E-state index contributed by atoms with van der Waals surface area (Å²) in [5, 5.41) is 3.51. The molecular weight excluding hydrogens is 263 g/mol. The molecule has 1 saturated carbocycles. The van der Waals surface area contributed by atoms with Gasteiger partial charge in [-0.25, -0.2) is 4.39 Å². The number of nitrogen functional groups attached to an aromatic ring is 1. The lowest BCUT2D eigenvalue weighted by Gasteiger charge is -2.31. The second kappa shape index (κ2) is 6.28. The number of thioether (sulfide) groups is 1. The van der Waals surface area contributed by atoms with Gasteiger partial charge in [0, 0.05) is 16.9 Å². The summed E-state index contributed by atoms with van der Waals surface area (Å²) in [4.78, 5) is 12.1. The van der Waals surface area contributed by atoms with Crippen molar-refractivity contribution in [2.45, 2.75) is 37.0 Å². The van der Waals surface area contributed by atoms with Gasteiger partial charge >= 0.3 is 0 Å². The van der Waals surface area contributed by atoms with Crippen LogP contribution in [0.15, 0.2) is 18.2 Å². The molecule has 3 nitrogen and oxygen atoms in total. The number of hydrogen-bond donors (Lipinski definition) is 2. The van der Waals surface area contributed by atoms with E-state index in [1.165, 1.54) is 24.6 Å². The molecule has 1 amide bonds. The number of anilines is 1. The maximum atomic E-state index is 13.1. The highest BCUT2D eigenvalue weighted by Crippen LogP contribution is 2.27. The third kappa shape index (κ3) is 3.41. The molecule has 19 heavy (non-hydrogen) atoms. The molecule has 0 saturated heterocycles. The van der Waals surface area contributed by atoms with Crippen LogP contribution in [0.4, 0.5) is 10.1 Å². The molecule has 0 heterocycles. The number of carbonyl (C=O) groups is 1. The molecule has 3 N–H and O–H groups in total. The zero-order valence-corrected chi connectivity index (χ0v) is 11.8. The van der Waals surface area contributed by atoms with E-state index >= 15 is 0 Å². The molecule has 0 spiro atoms. The predicted octanol–water partition coefficient (Wildman–Crippen LogP) is 2.81. The number of halogens is 1. The van der Waals surface area contributed by atoms with Crippen molar-refractivity contribution in [1.82, 2.24) is 5.32 Å². The Morgan fingerprint density at radius 1 is 1.42 bits per heavy atom. The highest BCUT2D eigenvalue weighted by molar-refractivity contribution is 7.99. The van der Waals surface area contributed by atoms with E-state index in [4.69, 9.17) is 5.73 Å². The number of nitrogens with one attached hydrogen (secondary N) is 1. The Morgan fingerprint density at radius 3 is 2.84 bits per heavy atom. The summed E-state index contributed by atoms with van der Waals surface area (Å²) in [6.07, 6.45) is 6.59. The van der Waals surface area contributed by atoms with E-state index in [1.807, 2.05) is 0 Å². The van der Waals surface area contributed by atoms with Crippen LogP contribution in [-0.2, 0) is 0 Å². The molecule has 0 aliphatic heterocycles. The minimum absolute atomic E-state index is 0.0118. The molecule has 2 atom stereocenters. The van der Waals surface area contributed by atoms with Gasteiger partial charge in [0.2, 0.25) is 0 Å². The van der Waals surface area contributed by atoms with E-state index < -0.39 is 5.82 Å². The fourth-order valence-electron chi connectivity index (χ4n) is 2.48. The Hall–Kier alpha value is -1.23. The monoisotopic (exact) mass is 282 g/mol. The number of amides is 1. The Kier molecular flexibility index (Phi) is 4.69. The summed E-state index contributed by atoms with van der Waals surface area (Å²) in [5.74, 6) is -0.658. The van der Waals surface area contributed by atoms with Crippen molar-refractivity contribution >= 4 is 23.4 Å². The molecule has 0 bridgehead atoms. The van der Waals surface area contributed by atoms with Crippen molar-refractivity contribution in [1.29, 1.82) is 0 Å². The van der Waals surface area contributed by atoms with Crippen LogP contribution in [0.2, 0.25) is 0 Å². The highest BCUT2D eigenvalue weighted by Gasteiger charge is 2.26. The molecule has 104 valence electrons. The molecule has 0 aromatic heterocycles. The van der Waals surface area contributed by atoms with Gasteiger partial charge in [0.05, 0.1) is 5.69 Å². The van der Waals surface area contributed by atoms with Crippen molar-refractivity contribution in [3.05, 3.63) is 29.6 Å². The van der Waals surface area contributed by atoms with Gasteiger partial charge in [-0.3, -0.25) is 4.79 Å². The zero-order chi connectivity index (χ0) is 13.8. The lowest BCUT2D eigenvalue weighted by atomic mass is 9.94. The fraction of sp³-hybridized carbons (Fsp3) is 0.500. The smallest absolute Gasteiger partial charge is 0.251 e. The number of rotatable bonds is 3. The Morgan fingerprint density at radius 2 is 2.16 bits per heavy atom. The first-order valence-electron chi connectivity index (χ1n) is 6.50. The van der Waals surface area contributed by atoms with Gasteiger partial charge in [0.25, 0.3) is 5.91 Å². The predicted molar refractivity (Wildman–Crippen MR) is 77.8 cm³/mol. The highest BCUT2D eigenvalue weighted by atomic mass is 32.2. The first kappa shape index (κ1) is 14.2. The van der Waals surface area contributed by atoms with Crippen LogP contribution in [0, 0.1) is 5.82 Å². The first-order chi connectivity index (χ1) is 9.11. The molecule has 2 unspecified atom stereocenters. The summed E-state index contributed by atoms with van der Waals surface area (Å²) in [6, 6.07) is 4.29. The van der Waals surface area contributed by atoms with Crippen LogP contribution in [0.5, 0.6) is 0 Å². The maximum Gasteiger partial charge on any atom is 0.251 e. The van der Waals surface area contributed by atoms with Crippen LogP contribution in [0.1, 0.15) is 36.0 Å². The van der Waals surface area contributed by atoms with Crippen molar-refractivity contribution in [3.8, 4) is 0 Å². The average molecular weight is 282 g/mol. The largest absolute Gasteiger partial charge is 0.396 e. The van der Waals surface area contributed by atoms with Gasteiger partial charge in [-0.05, 0) is 37.3 Å². The van der Waals surface area contributed by atoms with E-state index in [1.54, 1.807) is 11.8 Å². The van der Waals surface area contributed by atoms with Crippen molar-refractivity contribution < 1.29 is 9.18 Å². The second-order valence-electron chi connectivity index (χ2n) is 4.87. The first-order valence-corrected chi connectivity index (χ1v) is 7.79. The maximum absolute atomic E-state index is 13.1. The second-order valence-corrected chi connectivity index (χ2v) is 5.95. The Bertz CT molecular complexity index is 467. The zero-order valence-electron chi connectivity index (χ0n) is 11.0. The minimum Gasteiger partial charge on any atom is -0.396 e. The van der Waals surface area contributed by atoms with Gasteiger partial charge in [-0.15, -0.1) is 0 Å². The molecule has 1 aliphatic carbocycles. The van der Waals surface area contributed by atoms with Crippen molar-refractivity contribution in [2.75, 3.05) is 12.0 Å². The summed E-state index contributed by atoms with van der Waals surface area (Å²) in [5.41, 5.74) is 5.92. The molecule has 1 fully saturated rings. The SMILES string of the molecule is CSC1CCCCC1NC(=O)c1ccc(F)c(N)c1. The van der Waals surface area contributed by atoms with Crippen LogP contribution in [-0.4, -0.2) is 23.5 Å². The molecular formula is C14H19FN2OS. The third-order valence-corrected chi connectivity index (χ3v) is 4.75. The minimum atomic E-state index is -0.490. The van der Waals surface area contributed by atoms with Gasteiger partial charge in [-0.1, -0.05) is 12.8 Å². The summed E-state index contributed by atoms with van der Waals surface area (Å²) in [7, 11) is 0. The van der Waals surface area contributed by atoms with E-state index in [0.29, 0.717) is 10.8 Å². The summed E-state index contributed by atoms with van der Waals surface area (Å²) < 4.78 is 13.1. The van der Waals surface area contributed by atoms with E-state index in [9.17, 15) is 9.18 Å². The quantitative estimate of drug-likeness (QED) is 0.838.